The Kier molecular flexibility index (Phi) is 4.39. The van der Waals surface area contributed by atoms with Crippen LogP contribution in [0.15, 0.2) is 40.1 Å². The Morgan fingerprint density at radius 2 is 1.93 bits per heavy atom. The summed E-state index contributed by atoms with van der Waals surface area (Å²) in [6.07, 6.45) is 4.00. The Morgan fingerprint density at radius 1 is 1.21 bits per heavy atom. The fourth-order valence-electron chi connectivity index (χ4n) is 4.44. The lowest BCUT2D eigenvalue weighted by Gasteiger charge is -2.49. The third kappa shape index (κ3) is 3.35. The van der Waals surface area contributed by atoms with Crippen molar-refractivity contribution in [1.82, 2.24) is 0 Å². The lowest BCUT2D eigenvalue weighted by Crippen LogP contribution is -2.56. The molecule has 1 N–H and O–H groups in total. The van der Waals surface area contributed by atoms with E-state index < -0.39 is 16.6 Å². The van der Waals surface area contributed by atoms with Gasteiger partial charge in [-0.2, -0.15) is 0 Å². The molecule has 0 saturated heterocycles. The number of rotatable bonds is 3. The van der Waals surface area contributed by atoms with E-state index in [0.717, 1.165) is 24.6 Å². The van der Waals surface area contributed by atoms with Gasteiger partial charge in [-0.15, -0.1) is 6.58 Å². The highest BCUT2D eigenvalue weighted by molar-refractivity contribution is 5.81. The summed E-state index contributed by atoms with van der Waals surface area (Å²) < 4.78 is 18.4. The first-order valence-corrected chi connectivity index (χ1v) is 10.3. The van der Waals surface area contributed by atoms with Crippen molar-refractivity contribution in [1.29, 1.82) is 0 Å². The Hall–Kier alpha value is -2.27. The molecule has 1 fully saturated rings. The Balaban J connectivity index is 1.75. The van der Waals surface area contributed by atoms with Crippen molar-refractivity contribution in [3.05, 3.63) is 46.8 Å². The zero-order valence-electron chi connectivity index (χ0n) is 17.9. The van der Waals surface area contributed by atoms with Crippen LogP contribution in [0.1, 0.15) is 59.4 Å². The van der Waals surface area contributed by atoms with Crippen LogP contribution in [0.3, 0.4) is 0 Å². The van der Waals surface area contributed by atoms with Crippen LogP contribution in [-0.2, 0) is 5.41 Å². The molecule has 5 heteroatoms. The summed E-state index contributed by atoms with van der Waals surface area (Å²) >= 11 is 0. The van der Waals surface area contributed by atoms with E-state index in [0.29, 0.717) is 22.6 Å². The first-order chi connectivity index (χ1) is 13.4. The Labute approximate surface area is 171 Å². The predicted molar refractivity (Wildman–Crippen MR) is 113 cm³/mol. The molecule has 0 spiro atoms. The number of fused-ring (bicyclic) bond motifs is 3. The van der Waals surface area contributed by atoms with Crippen molar-refractivity contribution in [2.24, 2.45) is 5.92 Å². The second kappa shape index (κ2) is 6.36. The molecule has 156 valence electrons. The summed E-state index contributed by atoms with van der Waals surface area (Å²) in [5.74, 6) is 1.40. The van der Waals surface area contributed by atoms with Gasteiger partial charge in [0.05, 0.1) is 5.60 Å². The molecule has 4 rings (SSSR count). The van der Waals surface area contributed by atoms with Crippen LogP contribution in [0, 0.1) is 5.92 Å². The highest BCUT2D eigenvalue weighted by atomic mass is 16.6. The molecule has 1 aromatic heterocycles. The molecule has 0 bridgehead atoms. The van der Waals surface area contributed by atoms with Crippen LogP contribution in [0.4, 0.5) is 0 Å². The van der Waals surface area contributed by atoms with Gasteiger partial charge >= 0.3 is 5.63 Å². The van der Waals surface area contributed by atoms with Gasteiger partial charge in [0, 0.05) is 22.4 Å². The molecule has 2 heterocycles. The minimum atomic E-state index is -0.747. The smallest absolute Gasteiger partial charge is 0.340 e. The minimum absolute atomic E-state index is 0.141. The predicted octanol–water partition coefficient (Wildman–Crippen LogP) is 4.73. The van der Waals surface area contributed by atoms with E-state index in [1.807, 2.05) is 39.8 Å². The molecule has 0 amide bonds. The van der Waals surface area contributed by atoms with Crippen LogP contribution in [0.2, 0.25) is 0 Å². The largest absolute Gasteiger partial charge is 0.482 e. The number of aliphatic hydroxyl groups is 1. The molecule has 3 unspecified atom stereocenters. The third-order valence-corrected chi connectivity index (χ3v) is 6.78. The van der Waals surface area contributed by atoms with Gasteiger partial charge in [0.15, 0.2) is 11.5 Å². The van der Waals surface area contributed by atoms with Gasteiger partial charge in [-0.05, 0) is 58.1 Å². The van der Waals surface area contributed by atoms with Crippen LogP contribution in [0.5, 0.6) is 11.5 Å². The quantitative estimate of drug-likeness (QED) is 0.598. The molecular weight excluding hydrogens is 368 g/mol. The molecule has 1 aliphatic carbocycles. The van der Waals surface area contributed by atoms with E-state index in [4.69, 9.17) is 13.9 Å². The van der Waals surface area contributed by atoms with Crippen molar-refractivity contribution in [3.63, 3.8) is 0 Å². The number of allylic oxidation sites excluding steroid dienone is 1. The minimum Gasteiger partial charge on any atom is -0.482 e. The molecule has 5 nitrogen and oxygen atoms in total. The summed E-state index contributed by atoms with van der Waals surface area (Å²) in [7, 11) is 0. The molecule has 0 radical (unpaired) electrons. The van der Waals surface area contributed by atoms with Crippen molar-refractivity contribution < 1.29 is 19.0 Å². The first-order valence-electron chi connectivity index (χ1n) is 10.3. The SMILES string of the molecule is C=CC(C)(C)c1cc2cc3c(cc2oc1=O)OC1(C)CCC(C(C)(C)O)CC1O3. The molecule has 1 aromatic carbocycles. The van der Waals surface area contributed by atoms with E-state index in [2.05, 4.69) is 13.5 Å². The number of hydrogen-bond acceptors (Lipinski definition) is 5. The van der Waals surface area contributed by atoms with Gasteiger partial charge in [-0.1, -0.05) is 19.9 Å². The number of benzene rings is 1. The van der Waals surface area contributed by atoms with Gasteiger partial charge < -0.3 is 19.0 Å². The van der Waals surface area contributed by atoms with Gasteiger partial charge in [0.1, 0.15) is 17.3 Å². The highest BCUT2D eigenvalue weighted by Gasteiger charge is 2.49. The molecular formula is C24H30O5. The summed E-state index contributed by atoms with van der Waals surface area (Å²) in [6, 6.07) is 5.48. The van der Waals surface area contributed by atoms with E-state index in [1.165, 1.54) is 0 Å². The van der Waals surface area contributed by atoms with Gasteiger partial charge in [0.25, 0.3) is 0 Å². The van der Waals surface area contributed by atoms with E-state index in [9.17, 15) is 9.90 Å². The zero-order chi connectivity index (χ0) is 21.2. The average Bonchev–Trinajstić information content (AvgIpc) is 2.62. The van der Waals surface area contributed by atoms with Crippen molar-refractivity contribution in [2.45, 2.75) is 76.6 Å². The van der Waals surface area contributed by atoms with Crippen LogP contribution in [0.25, 0.3) is 11.0 Å². The van der Waals surface area contributed by atoms with E-state index in [-0.39, 0.29) is 17.6 Å². The van der Waals surface area contributed by atoms with Crippen LogP contribution < -0.4 is 15.1 Å². The monoisotopic (exact) mass is 398 g/mol. The molecule has 3 atom stereocenters. The average molecular weight is 398 g/mol. The van der Waals surface area contributed by atoms with E-state index >= 15 is 0 Å². The molecule has 2 aliphatic rings. The Morgan fingerprint density at radius 3 is 2.59 bits per heavy atom. The summed E-state index contributed by atoms with van der Waals surface area (Å²) in [5.41, 5.74) is -1.04. The molecule has 1 aliphatic heterocycles. The first kappa shape index (κ1) is 20.0. The maximum Gasteiger partial charge on any atom is 0.340 e. The maximum absolute atomic E-state index is 12.5. The fraction of sp³-hybridized carbons (Fsp3) is 0.542. The van der Waals surface area contributed by atoms with Crippen molar-refractivity contribution in [3.8, 4) is 11.5 Å². The summed E-state index contributed by atoms with van der Waals surface area (Å²) in [4.78, 5) is 12.5. The van der Waals surface area contributed by atoms with Crippen molar-refractivity contribution >= 4 is 11.0 Å². The van der Waals surface area contributed by atoms with Crippen LogP contribution in [-0.4, -0.2) is 22.4 Å². The topological polar surface area (TPSA) is 68.9 Å². The standard InChI is InChI=1S/C24H30O5/c1-7-22(2,3)16-10-14-11-18-19(13-17(14)28-21(16)25)29-24(6)9-8-15(23(4,5)26)12-20(24)27-18/h7,10-11,13,15,20,26H,1,8-9,12H2,2-6H3. The molecule has 2 aromatic rings. The molecule has 1 saturated carbocycles. The third-order valence-electron chi connectivity index (χ3n) is 6.78. The van der Waals surface area contributed by atoms with E-state index in [1.54, 1.807) is 12.1 Å². The number of ether oxygens (including phenoxy) is 2. The summed E-state index contributed by atoms with van der Waals surface area (Å²) in [5, 5.41) is 11.3. The lowest BCUT2D eigenvalue weighted by molar-refractivity contribution is -0.119. The zero-order valence-corrected chi connectivity index (χ0v) is 17.9. The fourth-order valence-corrected chi connectivity index (χ4v) is 4.44. The maximum atomic E-state index is 12.5. The van der Waals surface area contributed by atoms with Gasteiger partial charge in [0.2, 0.25) is 0 Å². The second-order valence-electron chi connectivity index (χ2n) is 9.86. The van der Waals surface area contributed by atoms with Crippen molar-refractivity contribution in [2.75, 3.05) is 0 Å². The van der Waals surface area contributed by atoms with Gasteiger partial charge in [-0.3, -0.25) is 0 Å². The summed E-state index contributed by atoms with van der Waals surface area (Å²) in [6.45, 7) is 13.5. The lowest BCUT2D eigenvalue weighted by atomic mass is 9.71. The highest BCUT2D eigenvalue weighted by Crippen LogP contribution is 2.48. The molecule has 29 heavy (non-hydrogen) atoms. The Bertz CT molecular complexity index is 1030. The van der Waals surface area contributed by atoms with Gasteiger partial charge in [-0.25, -0.2) is 4.79 Å². The normalized spacial score (nSPS) is 26.8. The second-order valence-corrected chi connectivity index (χ2v) is 9.86. The number of hydrogen-bond donors (Lipinski definition) is 1. The van der Waals surface area contributed by atoms with Crippen LogP contribution >= 0.6 is 0 Å².